The van der Waals surface area contributed by atoms with Crippen molar-refractivity contribution in [3.63, 3.8) is 0 Å². The maximum absolute atomic E-state index is 8.25. The van der Waals surface area contributed by atoms with E-state index < -0.39 is 6.98 Å². The van der Waals surface area contributed by atoms with Gasteiger partial charge in [-0.1, -0.05) is 65.3 Å². The second-order valence-corrected chi connectivity index (χ2v) is 14.3. The Labute approximate surface area is 297 Å². The zero-order valence-electron chi connectivity index (χ0n) is 31.1. The summed E-state index contributed by atoms with van der Waals surface area (Å²) in [6, 6.07) is 31.6. The Bertz CT molecular complexity index is 2240. The van der Waals surface area contributed by atoms with E-state index in [-0.39, 0.29) is 31.9 Å². The number of aryl methyl sites for hydroxylation is 2. The molecule has 0 fully saturated rings. The molecule has 5 nitrogen and oxygen atoms in total. The van der Waals surface area contributed by atoms with Crippen LogP contribution in [0.1, 0.15) is 67.9 Å². The SMILES string of the molecule is [2H]C([2H])([2H])N1[CH-]N(c2[c-]c(Oc3[c-]c4c(cc3)c3ccccc3n4-c3cc(C(C)(C)C)ccn3)cc(C(C)(C)C)c2)c2cc(C)c(C)cc21.[Pt]. The molecule has 0 saturated heterocycles. The summed E-state index contributed by atoms with van der Waals surface area (Å²) in [6.07, 6.45) is 1.87. The third-order valence-corrected chi connectivity index (χ3v) is 8.91. The monoisotopic (exact) mass is 803 g/mol. The summed E-state index contributed by atoms with van der Waals surface area (Å²) in [4.78, 5) is 8.05. The van der Waals surface area contributed by atoms with Gasteiger partial charge in [0.2, 0.25) is 0 Å². The Hall–Kier alpha value is -4.08. The predicted octanol–water partition coefficient (Wildman–Crippen LogP) is 10.5. The molecule has 0 amide bonds. The average molecular weight is 804 g/mol. The summed E-state index contributed by atoms with van der Waals surface area (Å²) >= 11 is 0. The number of benzene rings is 4. The van der Waals surface area contributed by atoms with Crippen molar-refractivity contribution in [3.05, 3.63) is 120 Å². The molecule has 244 valence electrons. The fourth-order valence-corrected chi connectivity index (χ4v) is 6.05. The standard InChI is InChI=1S/C41H41N4O.Pt/c1-26-18-37-38(19-27(26)2)44(25-43(37)9)30-20-29(41(6,7)8)21-32(23-30)46-31-14-15-34-33-12-10-11-13-35(33)45(36(34)24-31)39-22-28(16-17-42-39)40(3,4)5;/h10-22,25H,1-9H3;/q-3;/i9D3;. The van der Waals surface area contributed by atoms with Crippen LogP contribution < -0.4 is 14.5 Å². The minimum atomic E-state index is -2.35. The minimum Gasteiger partial charge on any atom is -0.509 e. The van der Waals surface area contributed by atoms with Crippen molar-refractivity contribution in [2.75, 3.05) is 16.8 Å². The Morgan fingerprint density at radius 2 is 1.49 bits per heavy atom. The summed E-state index contributed by atoms with van der Waals surface area (Å²) in [5.41, 5.74) is 8.10. The smallest absolute Gasteiger partial charge is 0.135 e. The molecule has 0 N–H and O–H groups in total. The largest absolute Gasteiger partial charge is 0.509 e. The van der Waals surface area contributed by atoms with Crippen LogP contribution in [0.3, 0.4) is 0 Å². The summed E-state index contributed by atoms with van der Waals surface area (Å²) in [5.74, 6) is 1.88. The summed E-state index contributed by atoms with van der Waals surface area (Å²) in [6.45, 7) is 16.4. The molecule has 6 heteroatoms. The Morgan fingerprint density at radius 3 is 2.21 bits per heavy atom. The van der Waals surface area contributed by atoms with Crippen LogP contribution in [-0.2, 0) is 31.9 Å². The van der Waals surface area contributed by atoms with Gasteiger partial charge >= 0.3 is 0 Å². The fraction of sp³-hybridized carbons (Fsp3) is 0.268. The average Bonchev–Trinajstić information content (AvgIpc) is 3.56. The Morgan fingerprint density at radius 1 is 0.766 bits per heavy atom. The first kappa shape index (κ1) is 29.1. The number of fused-ring (bicyclic) bond motifs is 4. The van der Waals surface area contributed by atoms with Gasteiger partial charge < -0.3 is 19.1 Å². The molecule has 3 heterocycles. The number of rotatable bonds is 4. The molecule has 1 aliphatic rings. The van der Waals surface area contributed by atoms with Crippen LogP contribution in [0.2, 0.25) is 0 Å². The molecule has 0 aliphatic carbocycles. The van der Waals surface area contributed by atoms with E-state index in [1.165, 1.54) is 10.5 Å². The van der Waals surface area contributed by atoms with Crippen molar-refractivity contribution in [2.24, 2.45) is 0 Å². The van der Waals surface area contributed by atoms with Crippen molar-refractivity contribution < 1.29 is 29.9 Å². The fourth-order valence-electron chi connectivity index (χ4n) is 6.05. The maximum Gasteiger partial charge on any atom is 0.135 e. The van der Waals surface area contributed by atoms with Gasteiger partial charge in [-0.2, -0.15) is 12.7 Å². The van der Waals surface area contributed by atoms with E-state index >= 15 is 0 Å². The third-order valence-electron chi connectivity index (χ3n) is 8.91. The minimum absolute atomic E-state index is 0. The topological polar surface area (TPSA) is 33.5 Å². The van der Waals surface area contributed by atoms with E-state index in [2.05, 4.69) is 94.6 Å². The van der Waals surface area contributed by atoms with Crippen LogP contribution >= 0.6 is 0 Å². The van der Waals surface area contributed by atoms with Gasteiger partial charge in [0.05, 0.1) is 0 Å². The predicted molar refractivity (Wildman–Crippen MR) is 191 cm³/mol. The summed E-state index contributed by atoms with van der Waals surface area (Å²) < 4.78 is 33.5. The number of anilines is 3. The number of pyridine rings is 1. The van der Waals surface area contributed by atoms with Crippen molar-refractivity contribution in [3.8, 4) is 17.3 Å². The number of para-hydroxylation sites is 1. The zero-order chi connectivity index (χ0) is 35.0. The molecular weight excluding hydrogens is 760 g/mol. The van der Waals surface area contributed by atoms with E-state index in [9.17, 15) is 0 Å². The van der Waals surface area contributed by atoms with Crippen molar-refractivity contribution in [1.29, 1.82) is 0 Å². The van der Waals surface area contributed by atoms with Gasteiger partial charge in [-0.3, -0.25) is 0 Å². The van der Waals surface area contributed by atoms with Crippen LogP contribution in [-0.4, -0.2) is 16.5 Å². The number of ether oxygens (including phenoxy) is 1. The first-order valence-corrected chi connectivity index (χ1v) is 15.7. The molecule has 47 heavy (non-hydrogen) atoms. The molecule has 0 unspecified atom stereocenters. The molecule has 0 atom stereocenters. The van der Waals surface area contributed by atoms with E-state index in [1.807, 2.05) is 61.3 Å². The molecule has 0 bridgehead atoms. The molecule has 0 spiro atoms. The molecule has 6 aromatic rings. The van der Waals surface area contributed by atoms with Crippen molar-refractivity contribution in [2.45, 2.75) is 66.2 Å². The third kappa shape index (κ3) is 5.95. The number of hydrogen-bond donors (Lipinski definition) is 0. The molecule has 0 radical (unpaired) electrons. The molecular formula is C41H41N4OPt-3. The van der Waals surface area contributed by atoms with E-state index in [0.717, 1.165) is 50.0 Å². The Balaban J connectivity index is 0.00000432. The van der Waals surface area contributed by atoms with Crippen LogP contribution in [0.4, 0.5) is 17.1 Å². The van der Waals surface area contributed by atoms with E-state index in [0.29, 0.717) is 22.9 Å². The van der Waals surface area contributed by atoms with Crippen LogP contribution in [0.5, 0.6) is 11.5 Å². The van der Waals surface area contributed by atoms with Crippen LogP contribution in [0, 0.1) is 32.6 Å². The van der Waals surface area contributed by atoms with Crippen LogP contribution in [0.25, 0.3) is 27.6 Å². The molecule has 1 aliphatic heterocycles. The molecule has 7 rings (SSSR count). The summed E-state index contributed by atoms with van der Waals surface area (Å²) in [7, 11) is 0. The quantitative estimate of drug-likeness (QED) is 0.166. The van der Waals surface area contributed by atoms with E-state index in [1.54, 1.807) is 6.67 Å². The molecule has 4 aromatic carbocycles. The first-order valence-electron chi connectivity index (χ1n) is 17.2. The van der Waals surface area contributed by atoms with Gasteiger partial charge in [0.15, 0.2) is 0 Å². The van der Waals surface area contributed by atoms with Crippen molar-refractivity contribution >= 4 is 38.9 Å². The molecule has 0 saturated carbocycles. The van der Waals surface area contributed by atoms with Gasteiger partial charge in [0, 0.05) is 59.8 Å². The van der Waals surface area contributed by atoms with Gasteiger partial charge in [-0.05, 0) is 84.1 Å². The number of nitrogens with zero attached hydrogens (tertiary/aromatic N) is 4. The van der Waals surface area contributed by atoms with Gasteiger partial charge in [0.25, 0.3) is 0 Å². The number of hydrogen-bond acceptors (Lipinski definition) is 4. The van der Waals surface area contributed by atoms with Gasteiger partial charge in [-0.25, -0.2) is 4.98 Å². The zero-order valence-corrected chi connectivity index (χ0v) is 30.4. The van der Waals surface area contributed by atoms with Crippen LogP contribution in [0.15, 0.2) is 79.0 Å². The second-order valence-electron chi connectivity index (χ2n) is 14.3. The molecule has 2 aromatic heterocycles. The maximum atomic E-state index is 8.25. The normalized spacial score (nSPS) is 14.5. The Kier molecular flexibility index (Phi) is 7.34. The van der Waals surface area contributed by atoms with Gasteiger partial charge in [-0.15, -0.1) is 47.0 Å². The number of aromatic nitrogens is 2. The second kappa shape index (κ2) is 11.9. The first-order chi connectivity index (χ1) is 23.0. The van der Waals surface area contributed by atoms with Gasteiger partial charge in [0.1, 0.15) is 5.82 Å². The van der Waals surface area contributed by atoms with Crippen molar-refractivity contribution in [1.82, 2.24) is 9.55 Å². The van der Waals surface area contributed by atoms with E-state index in [4.69, 9.17) is 13.8 Å². The summed E-state index contributed by atoms with van der Waals surface area (Å²) in [5, 5.41) is 2.16.